The number of carbonyl (C=O) groups excluding carboxylic acids is 1. The number of benzene rings is 1. The van der Waals surface area contributed by atoms with Crippen molar-refractivity contribution in [3.05, 3.63) is 29.3 Å². The van der Waals surface area contributed by atoms with Gasteiger partial charge in [-0.05, 0) is 50.5 Å². The number of nitrogens with one attached hydrogen (secondary N) is 1. The average molecular weight is 332 g/mol. The Kier molecular flexibility index (Phi) is 4.60. The van der Waals surface area contributed by atoms with Crippen LogP contribution in [0.15, 0.2) is 23.1 Å². The predicted molar refractivity (Wildman–Crippen MR) is 80.1 cm³/mol. The number of hydrogen-bond donors (Lipinski definition) is 1. The van der Waals surface area contributed by atoms with Crippen molar-refractivity contribution in [2.45, 2.75) is 37.2 Å². The first-order valence-electron chi connectivity index (χ1n) is 6.68. The Hall–Kier alpha value is -1.11. The fourth-order valence-electron chi connectivity index (χ4n) is 2.37. The van der Waals surface area contributed by atoms with Crippen LogP contribution in [0.4, 0.5) is 0 Å². The first-order chi connectivity index (χ1) is 9.70. The number of amides is 1. The first kappa shape index (κ1) is 16.3. The van der Waals surface area contributed by atoms with Crippen LogP contribution < -0.4 is 5.32 Å². The summed E-state index contributed by atoms with van der Waals surface area (Å²) in [4.78, 5) is 12.1. The van der Waals surface area contributed by atoms with Crippen LogP contribution >= 0.6 is 10.7 Å². The molecule has 5 nitrogen and oxygen atoms in total. The third kappa shape index (κ3) is 4.18. The lowest BCUT2D eigenvalue weighted by Gasteiger charge is -2.23. The van der Waals surface area contributed by atoms with E-state index in [4.69, 9.17) is 15.4 Å². The molecule has 0 bridgehead atoms. The standard InChI is InChI=1S/C14H18ClNO4S/c1-10-6-11(8-12(7-10)21(15,18)19)13(17)16-9-14(2)4-3-5-20-14/h6-8H,3-5,9H2,1-2H3,(H,16,17). The summed E-state index contributed by atoms with van der Waals surface area (Å²) in [6.45, 7) is 4.75. The molecular weight excluding hydrogens is 314 g/mol. The van der Waals surface area contributed by atoms with Gasteiger partial charge in [-0.25, -0.2) is 8.42 Å². The molecule has 1 unspecified atom stereocenters. The summed E-state index contributed by atoms with van der Waals surface area (Å²) >= 11 is 0. The van der Waals surface area contributed by atoms with Crippen LogP contribution in [-0.4, -0.2) is 33.1 Å². The third-order valence-electron chi connectivity index (χ3n) is 3.52. The SMILES string of the molecule is Cc1cc(C(=O)NCC2(C)CCCO2)cc(S(=O)(=O)Cl)c1. The molecule has 0 aromatic heterocycles. The predicted octanol–water partition coefficient (Wildman–Crippen LogP) is 2.22. The first-order valence-corrected chi connectivity index (χ1v) is 8.99. The second kappa shape index (κ2) is 5.94. The minimum absolute atomic E-state index is 0.0716. The topological polar surface area (TPSA) is 72.5 Å². The van der Waals surface area contributed by atoms with Crippen LogP contribution in [0.25, 0.3) is 0 Å². The van der Waals surface area contributed by atoms with Gasteiger partial charge in [0.25, 0.3) is 15.0 Å². The van der Waals surface area contributed by atoms with E-state index in [1.807, 2.05) is 6.92 Å². The van der Waals surface area contributed by atoms with Crippen molar-refractivity contribution in [2.24, 2.45) is 0 Å². The number of rotatable bonds is 4. The molecule has 2 rings (SSSR count). The smallest absolute Gasteiger partial charge is 0.261 e. The van der Waals surface area contributed by atoms with Gasteiger partial charge in [-0.1, -0.05) is 0 Å². The molecule has 0 spiro atoms. The second-order valence-electron chi connectivity index (χ2n) is 5.56. The van der Waals surface area contributed by atoms with Crippen molar-refractivity contribution in [1.82, 2.24) is 5.32 Å². The lowest BCUT2D eigenvalue weighted by molar-refractivity contribution is 0.0206. The van der Waals surface area contributed by atoms with E-state index >= 15 is 0 Å². The van der Waals surface area contributed by atoms with Gasteiger partial charge in [-0.15, -0.1) is 0 Å². The molecule has 1 aliphatic heterocycles. The number of hydrogen-bond acceptors (Lipinski definition) is 4. The normalized spacial score (nSPS) is 22.2. The number of aryl methyl sites for hydroxylation is 1. The van der Waals surface area contributed by atoms with Crippen molar-refractivity contribution < 1.29 is 17.9 Å². The lowest BCUT2D eigenvalue weighted by Crippen LogP contribution is -2.40. The quantitative estimate of drug-likeness (QED) is 0.859. The highest BCUT2D eigenvalue weighted by Gasteiger charge is 2.30. The largest absolute Gasteiger partial charge is 0.373 e. The Morgan fingerprint density at radius 3 is 2.71 bits per heavy atom. The van der Waals surface area contributed by atoms with Crippen LogP contribution in [0.2, 0.25) is 0 Å². The molecule has 21 heavy (non-hydrogen) atoms. The van der Waals surface area contributed by atoms with E-state index in [-0.39, 0.29) is 22.0 Å². The fourth-order valence-corrected chi connectivity index (χ4v) is 3.23. The maximum atomic E-state index is 12.2. The molecule has 1 aromatic carbocycles. The fraction of sp³-hybridized carbons (Fsp3) is 0.500. The molecule has 1 fully saturated rings. The highest BCUT2D eigenvalue weighted by Crippen LogP contribution is 2.24. The van der Waals surface area contributed by atoms with Crippen molar-refractivity contribution in [1.29, 1.82) is 0 Å². The molecule has 116 valence electrons. The number of halogens is 1. The minimum Gasteiger partial charge on any atom is -0.373 e. The van der Waals surface area contributed by atoms with Crippen molar-refractivity contribution in [3.63, 3.8) is 0 Å². The molecule has 1 aromatic rings. The second-order valence-corrected chi connectivity index (χ2v) is 8.12. The third-order valence-corrected chi connectivity index (χ3v) is 4.85. The van der Waals surface area contributed by atoms with Gasteiger partial charge in [0.2, 0.25) is 0 Å². The number of ether oxygens (including phenoxy) is 1. The molecule has 1 N–H and O–H groups in total. The van der Waals surface area contributed by atoms with Crippen molar-refractivity contribution >= 4 is 25.6 Å². The molecule has 1 atom stereocenters. The highest BCUT2D eigenvalue weighted by atomic mass is 35.7. The zero-order valence-electron chi connectivity index (χ0n) is 12.0. The highest BCUT2D eigenvalue weighted by molar-refractivity contribution is 8.13. The summed E-state index contributed by atoms with van der Waals surface area (Å²) in [5.41, 5.74) is 0.585. The Balaban J connectivity index is 2.14. The zero-order valence-corrected chi connectivity index (χ0v) is 13.6. The van der Waals surface area contributed by atoms with Gasteiger partial charge in [-0.2, -0.15) is 0 Å². The maximum absolute atomic E-state index is 12.2. The minimum atomic E-state index is -3.86. The molecule has 0 aliphatic carbocycles. The van der Waals surface area contributed by atoms with Gasteiger partial charge >= 0.3 is 0 Å². The number of carbonyl (C=O) groups is 1. The average Bonchev–Trinajstić information content (AvgIpc) is 2.82. The van der Waals surface area contributed by atoms with E-state index in [9.17, 15) is 13.2 Å². The molecular formula is C14H18ClNO4S. The van der Waals surface area contributed by atoms with Gasteiger partial charge in [0.1, 0.15) is 0 Å². The summed E-state index contributed by atoms with van der Waals surface area (Å²) in [5.74, 6) is -0.336. The van der Waals surface area contributed by atoms with Crippen LogP contribution in [0.3, 0.4) is 0 Å². The molecule has 0 saturated carbocycles. The van der Waals surface area contributed by atoms with Gasteiger partial charge in [-0.3, -0.25) is 4.79 Å². The van der Waals surface area contributed by atoms with Gasteiger partial charge < -0.3 is 10.1 Å². The van der Waals surface area contributed by atoms with E-state index in [1.165, 1.54) is 12.1 Å². The van der Waals surface area contributed by atoms with E-state index in [0.717, 1.165) is 12.8 Å². The van der Waals surface area contributed by atoms with E-state index in [0.29, 0.717) is 18.7 Å². The van der Waals surface area contributed by atoms with E-state index < -0.39 is 9.05 Å². The Bertz CT molecular complexity index is 651. The molecule has 1 saturated heterocycles. The van der Waals surface area contributed by atoms with Crippen LogP contribution in [-0.2, 0) is 13.8 Å². The maximum Gasteiger partial charge on any atom is 0.261 e. The Labute approximate surface area is 129 Å². The molecule has 1 amide bonds. The summed E-state index contributed by atoms with van der Waals surface area (Å²) in [5, 5.41) is 2.79. The molecule has 7 heteroatoms. The summed E-state index contributed by atoms with van der Waals surface area (Å²) in [6, 6.07) is 4.34. The summed E-state index contributed by atoms with van der Waals surface area (Å²) < 4.78 is 28.4. The van der Waals surface area contributed by atoms with E-state index in [2.05, 4.69) is 5.32 Å². The summed E-state index contributed by atoms with van der Waals surface area (Å²) in [7, 11) is 1.47. The van der Waals surface area contributed by atoms with Crippen molar-refractivity contribution in [2.75, 3.05) is 13.2 Å². The zero-order chi connectivity index (χ0) is 15.7. The Morgan fingerprint density at radius 1 is 1.43 bits per heavy atom. The van der Waals surface area contributed by atoms with Crippen LogP contribution in [0, 0.1) is 6.92 Å². The Morgan fingerprint density at radius 2 is 2.14 bits per heavy atom. The molecule has 1 aliphatic rings. The van der Waals surface area contributed by atoms with Gasteiger partial charge in [0.15, 0.2) is 0 Å². The van der Waals surface area contributed by atoms with Gasteiger partial charge in [0, 0.05) is 29.4 Å². The summed E-state index contributed by atoms with van der Waals surface area (Å²) in [6.07, 6.45) is 1.87. The van der Waals surface area contributed by atoms with Crippen molar-refractivity contribution in [3.8, 4) is 0 Å². The molecule has 1 heterocycles. The molecule has 0 radical (unpaired) electrons. The van der Waals surface area contributed by atoms with Crippen LogP contribution in [0.1, 0.15) is 35.7 Å². The van der Waals surface area contributed by atoms with E-state index in [1.54, 1.807) is 13.0 Å². The van der Waals surface area contributed by atoms with Crippen LogP contribution in [0.5, 0.6) is 0 Å². The van der Waals surface area contributed by atoms with Gasteiger partial charge in [0.05, 0.1) is 10.5 Å². The lowest BCUT2D eigenvalue weighted by atomic mass is 10.0. The monoisotopic (exact) mass is 331 g/mol.